The van der Waals surface area contributed by atoms with Crippen LogP contribution in [0.3, 0.4) is 0 Å². The molecule has 0 bridgehead atoms. The molecule has 0 aliphatic heterocycles. The largest absolute Gasteiger partial charge is 0.325 e. The summed E-state index contributed by atoms with van der Waals surface area (Å²) in [5.41, 5.74) is 1.33. The minimum atomic E-state index is -0.427. The molecule has 0 aliphatic rings. The molecule has 0 amide bonds. The lowest BCUT2D eigenvalue weighted by molar-refractivity contribution is 1.13. The molecule has 0 unspecified atom stereocenters. The summed E-state index contributed by atoms with van der Waals surface area (Å²) < 4.78 is 0. The summed E-state index contributed by atoms with van der Waals surface area (Å²) in [7, 11) is 0. The van der Waals surface area contributed by atoms with Gasteiger partial charge in [-0.15, -0.1) is 0 Å². The maximum absolute atomic E-state index is 11.7. The molecule has 1 aromatic carbocycles. The summed E-state index contributed by atoms with van der Waals surface area (Å²) in [5, 5.41) is 10.0. The van der Waals surface area contributed by atoms with Gasteiger partial charge >= 0.3 is 0 Å². The Bertz CT molecular complexity index is 714. The molecule has 5 heteroatoms. The van der Waals surface area contributed by atoms with Gasteiger partial charge in [-0.1, -0.05) is 23.2 Å². The molecule has 1 aromatic heterocycles. The van der Waals surface area contributed by atoms with E-state index in [0.717, 1.165) is 0 Å². The Hall–Kier alpha value is -1.76. The number of aromatic amines is 1. The van der Waals surface area contributed by atoms with E-state index in [1.807, 2.05) is 6.07 Å². The number of H-pyrrole nitrogens is 1. The first-order valence-electron chi connectivity index (χ1n) is 5.12. The smallest absolute Gasteiger partial charge is 0.266 e. The van der Waals surface area contributed by atoms with E-state index in [2.05, 4.69) is 4.98 Å². The van der Waals surface area contributed by atoms with Crippen molar-refractivity contribution < 1.29 is 0 Å². The SMILES string of the molecule is Cc1cc(-c2cc(Cl)ccc2Cl)c(C#N)c(=O)[nH]1. The normalized spacial score (nSPS) is 10.1. The van der Waals surface area contributed by atoms with Crippen LogP contribution in [0, 0.1) is 18.3 Å². The summed E-state index contributed by atoms with van der Waals surface area (Å²) in [6, 6.07) is 8.52. The molecule has 18 heavy (non-hydrogen) atoms. The average molecular weight is 279 g/mol. The summed E-state index contributed by atoms with van der Waals surface area (Å²) in [6.45, 7) is 1.74. The second-order valence-electron chi connectivity index (χ2n) is 3.81. The van der Waals surface area contributed by atoms with Crippen molar-refractivity contribution in [3.05, 3.63) is 55.9 Å². The van der Waals surface area contributed by atoms with Gasteiger partial charge in [0.25, 0.3) is 5.56 Å². The predicted octanol–water partition coefficient (Wildman–Crippen LogP) is 3.53. The second-order valence-corrected chi connectivity index (χ2v) is 4.65. The summed E-state index contributed by atoms with van der Waals surface area (Å²) >= 11 is 12.0. The fraction of sp³-hybridized carbons (Fsp3) is 0.0769. The number of hydrogen-bond acceptors (Lipinski definition) is 2. The van der Waals surface area contributed by atoms with Crippen LogP contribution in [0.5, 0.6) is 0 Å². The van der Waals surface area contributed by atoms with Gasteiger partial charge < -0.3 is 4.98 Å². The van der Waals surface area contributed by atoms with Crippen LogP contribution in [-0.2, 0) is 0 Å². The van der Waals surface area contributed by atoms with E-state index in [0.29, 0.717) is 26.9 Å². The van der Waals surface area contributed by atoms with Crippen LogP contribution in [0.25, 0.3) is 11.1 Å². The van der Waals surface area contributed by atoms with Crippen LogP contribution < -0.4 is 5.56 Å². The van der Waals surface area contributed by atoms with Crippen LogP contribution in [0.1, 0.15) is 11.3 Å². The first-order valence-corrected chi connectivity index (χ1v) is 5.88. The molecule has 0 atom stereocenters. The second kappa shape index (κ2) is 4.85. The van der Waals surface area contributed by atoms with Gasteiger partial charge in [-0.25, -0.2) is 0 Å². The van der Waals surface area contributed by atoms with Gasteiger partial charge in [-0.2, -0.15) is 5.26 Å². The number of nitrogens with zero attached hydrogens (tertiary/aromatic N) is 1. The fourth-order valence-electron chi connectivity index (χ4n) is 1.72. The maximum Gasteiger partial charge on any atom is 0.266 e. The number of aryl methyl sites for hydroxylation is 1. The number of pyridine rings is 1. The van der Waals surface area contributed by atoms with E-state index in [9.17, 15) is 4.79 Å². The van der Waals surface area contributed by atoms with Crippen LogP contribution in [0.4, 0.5) is 0 Å². The standard InChI is InChI=1S/C13H8Cl2N2O/c1-7-4-9(11(6-16)13(18)17-7)10-5-8(14)2-3-12(10)15/h2-5H,1H3,(H,17,18). The Balaban J connectivity index is 2.83. The molecule has 2 aromatic rings. The topological polar surface area (TPSA) is 56.6 Å². The molecule has 90 valence electrons. The van der Waals surface area contributed by atoms with Gasteiger partial charge in [0, 0.05) is 26.9 Å². The molecule has 2 rings (SSSR count). The minimum Gasteiger partial charge on any atom is -0.325 e. The number of benzene rings is 1. The van der Waals surface area contributed by atoms with E-state index in [4.69, 9.17) is 28.5 Å². The van der Waals surface area contributed by atoms with Crippen molar-refractivity contribution in [2.24, 2.45) is 0 Å². The molecule has 3 nitrogen and oxygen atoms in total. The van der Waals surface area contributed by atoms with Crippen LogP contribution in [0.15, 0.2) is 29.1 Å². The molecule has 0 fully saturated rings. The number of nitrogens with one attached hydrogen (secondary N) is 1. The third-order valence-corrected chi connectivity index (χ3v) is 3.06. The zero-order valence-electron chi connectivity index (χ0n) is 9.42. The number of halogens is 2. The maximum atomic E-state index is 11.7. The van der Waals surface area contributed by atoms with E-state index in [1.54, 1.807) is 31.2 Å². The van der Waals surface area contributed by atoms with E-state index < -0.39 is 5.56 Å². The molecule has 0 radical (unpaired) electrons. The van der Waals surface area contributed by atoms with Gasteiger partial charge in [0.2, 0.25) is 0 Å². The highest BCUT2D eigenvalue weighted by molar-refractivity contribution is 6.35. The van der Waals surface area contributed by atoms with Crippen molar-refractivity contribution >= 4 is 23.2 Å². The summed E-state index contributed by atoms with van der Waals surface area (Å²) in [6.07, 6.45) is 0. The summed E-state index contributed by atoms with van der Waals surface area (Å²) in [5.74, 6) is 0. The first-order chi connectivity index (χ1) is 8.52. The molecule has 0 saturated carbocycles. The van der Waals surface area contributed by atoms with Crippen molar-refractivity contribution in [2.75, 3.05) is 0 Å². The minimum absolute atomic E-state index is 0.0322. The lowest BCUT2D eigenvalue weighted by Crippen LogP contribution is -2.12. The van der Waals surface area contributed by atoms with Crippen molar-refractivity contribution in [2.45, 2.75) is 6.92 Å². The quantitative estimate of drug-likeness (QED) is 0.868. The molecular formula is C13H8Cl2N2O. The highest BCUT2D eigenvalue weighted by Gasteiger charge is 2.13. The summed E-state index contributed by atoms with van der Waals surface area (Å²) in [4.78, 5) is 14.3. The van der Waals surface area contributed by atoms with Crippen molar-refractivity contribution in [3.63, 3.8) is 0 Å². The van der Waals surface area contributed by atoms with Gasteiger partial charge in [-0.05, 0) is 31.2 Å². The highest BCUT2D eigenvalue weighted by atomic mass is 35.5. The van der Waals surface area contributed by atoms with Gasteiger partial charge in [0.05, 0.1) is 0 Å². The number of aromatic nitrogens is 1. The van der Waals surface area contributed by atoms with Crippen molar-refractivity contribution in [1.82, 2.24) is 4.98 Å². The van der Waals surface area contributed by atoms with Crippen LogP contribution in [-0.4, -0.2) is 4.98 Å². The fourth-order valence-corrected chi connectivity index (χ4v) is 2.11. The highest BCUT2D eigenvalue weighted by Crippen LogP contribution is 2.31. The van der Waals surface area contributed by atoms with Gasteiger partial charge in [-0.3, -0.25) is 4.79 Å². The molecular weight excluding hydrogens is 271 g/mol. The zero-order chi connectivity index (χ0) is 13.3. The lowest BCUT2D eigenvalue weighted by Gasteiger charge is -2.07. The predicted molar refractivity (Wildman–Crippen MR) is 72.0 cm³/mol. The van der Waals surface area contributed by atoms with E-state index in [-0.39, 0.29) is 5.56 Å². The van der Waals surface area contributed by atoms with Crippen LogP contribution in [0.2, 0.25) is 10.0 Å². The average Bonchev–Trinajstić information content (AvgIpc) is 2.31. The Morgan fingerprint density at radius 2 is 1.94 bits per heavy atom. The Morgan fingerprint density at radius 1 is 1.22 bits per heavy atom. The third kappa shape index (κ3) is 2.26. The number of rotatable bonds is 1. The Morgan fingerprint density at radius 3 is 2.61 bits per heavy atom. The zero-order valence-corrected chi connectivity index (χ0v) is 10.9. The lowest BCUT2D eigenvalue weighted by atomic mass is 10.0. The van der Waals surface area contributed by atoms with Crippen molar-refractivity contribution in [1.29, 1.82) is 5.26 Å². The molecule has 1 heterocycles. The third-order valence-electron chi connectivity index (χ3n) is 2.50. The van der Waals surface area contributed by atoms with Gasteiger partial charge in [0.1, 0.15) is 11.6 Å². The Kier molecular flexibility index (Phi) is 3.42. The van der Waals surface area contributed by atoms with E-state index >= 15 is 0 Å². The van der Waals surface area contributed by atoms with Gasteiger partial charge in [0.15, 0.2) is 0 Å². The van der Waals surface area contributed by atoms with Crippen molar-refractivity contribution in [3.8, 4) is 17.2 Å². The molecule has 0 saturated heterocycles. The monoisotopic (exact) mass is 278 g/mol. The number of hydrogen-bond donors (Lipinski definition) is 1. The van der Waals surface area contributed by atoms with Crippen LogP contribution >= 0.6 is 23.2 Å². The molecule has 0 spiro atoms. The molecule has 0 aliphatic carbocycles. The Labute approximate surface area is 114 Å². The first kappa shape index (κ1) is 12.7. The molecule has 1 N–H and O–H groups in total. The number of nitriles is 1. The van der Waals surface area contributed by atoms with E-state index in [1.165, 1.54) is 0 Å².